The zero-order valence-electron chi connectivity index (χ0n) is 23.2. The summed E-state index contributed by atoms with van der Waals surface area (Å²) < 4.78 is 18.4. The second-order valence-electron chi connectivity index (χ2n) is 10.1. The number of halogens is 1. The van der Waals surface area contributed by atoms with Gasteiger partial charge in [-0.05, 0) is 30.7 Å². The Kier molecular flexibility index (Phi) is 8.51. The van der Waals surface area contributed by atoms with Gasteiger partial charge in [-0.2, -0.15) is 4.42 Å². The van der Waals surface area contributed by atoms with E-state index in [1.165, 1.54) is 0 Å². The molecule has 2 aromatic rings. The van der Waals surface area contributed by atoms with Crippen molar-refractivity contribution in [3.63, 3.8) is 0 Å². The summed E-state index contributed by atoms with van der Waals surface area (Å²) in [5.41, 5.74) is 1.72. The minimum atomic E-state index is -0.422. The number of nitrogens with one attached hydrogen (secondary N) is 1. The van der Waals surface area contributed by atoms with Crippen molar-refractivity contribution in [3.05, 3.63) is 41.6 Å². The van der Waals surface area contributed by atoms with E-state index < -0.39 is 5.91 Å². The van der Waals surface area contributed by atoms with E-state index in [0.29, 0.717) is 48.3 Å². The highest BCUT2D eigenvalue weighted by atomic mass is 35.5. The molecule has 0 unspecified atom stereocenters. The molecule has 1 N–H and O–H groups in total. The molecule has 1 aromatic heterocycles. The third kappa shape index (κ3) is 5.82. The summed E-state index contributed by atoms with van der Waals surface area (Å²) in [6, 6.07) is 7.43. The lowest BCUT2D eigenvalue weighted by molar-refractivity contribution is 0.0357. The Morgan fingerprint density at radius 2 is 1.95 bits per heavy atom. The smallest absolute Gasteiger partial charge is 0.277 e. The lowest BCUT2D eigenvalue weighted by Gasteiger charge is -2.31. The third-order valence-electron chi connectivity index (χ3n) is 7.60. The largest absolute Gasteiger partial charge is 0.491 e. The van der Waals surface area contributed by atoms with Crippen LogP contribution in [0.2, 0.25) is 0 Å². The van der Waals surface area contributed by atoms with Crippen LogP contribution < -0.4 is 19.7 Å². The minimum absolute atomic E-state index is 0.273. The molecule has 2 fully saturated rings. The highest BCUT2D eigenvalue weighted by Crippen LogP contribution is 2.44. The van der Waals surface area contributed by atoms with E-state index in [2.05, 4.69) is 25.1 Å². The van der Waals surface area contributed by atoms with Gasteiger partial charge < -0.3 is 24.4 Å². The maximum atomic E-state index is 13.5. The van der Waals surface area contributed by atoms with Crippen LogP contribution >= 0.6 is 11.8 Å². The molecule has 41 heavy (non-hydrogen) atoms. The highest BCUT2D eigenvalue weighted by Gasteiger charge is 2.37. The monoisotopic (exact) mass is 582 g/mol. The molecule has 12 nitrogen and oxygen atoms in total. The van der Waals surface area contributed by atoms with Gasteiger partial charge in [0.1, 0.15) is 17.3 Å². The van der Waals surface area contributed by atoms with Gasteiger partial charge in [0, 0.05) is 75.9 Å². The number of nitrogens with zero attached hydrogens (tertiary/aromatic N) is 7. The fourth-order valence-corrected chi connectivity index (χ4v) is 5.66. The van der Waals surface area contributed by atoms with Crippen molar-refractivity contribution in [2.75, 3.05) is 90.7 Å². The predicted molar refractivity (Wildman–Crippen MR) is 157 cm³/mol. The molecule has 0 saturated carbocycles. The van der Waals surface area contributed by atoms with Crippen molar-refractivity contribution < 1.29 is 19.0 Å². The summed E-state index contributed by atoms with van der Waals surface area (Å²) in [4.78, 5) is 33.9. The molecule has 4 aliphatic rings. The highest BCUT2D eigenvalue weighted by molar-refractivity contribution is 6.35. The molecule has 0 aliphatic carbocycles. The predicted octanol–water partition coefficient (Wildman–Crippen LogP) is 1.96. The number of rotatable bonds is 8. The van der Waals surface area contributed by atoms with E-state index in [0.717, 1.165) is 81.2 Å². The molecule has 0 spiro atoms. The first-order valence-electron chi connectivity index (χ1n) is 14.1. The van der Waals surface area contributed by atoms with Crippen molar-refractivity contribution in [1.29, 1.82) is 0 Å². The number of benzene rings is 1. The van der Waals surface area contributed by atoms with Crippen LogP contribution in [0.1, 0.15) is 22.3 Å². The van der Waals surface area contributed by atoms with Crippen LogP contribution in [0.5, 0.6) is 11.5 Å². The van der Waals surface area contributed by atoms with Gasteiger partial charge in [0.05, 0.1) is 39.0 Å². The standard InChI is InChI=1S/C28H35ClN8O4/c1-39-25-22(41-16-2-10-34-14-17-40-18-15-34)5-4-21-24(25)33-28(36-13-9-31-26(21)36)37(29)27(38)20-3-6-23(32-19-20)35-11-7-30-8-12-35/h3-6,19,30H,2,7-18H2,1H3. The quantitative estimate of drug-likeness (QED) is 0.369. The molecule has 13 heteroatoms. The Hall–Kier alpha value is -3.45. The average molecular weight is 583 g/mol. The molecule has 0 atom stereocenters. The fraction of sp³-hybridized carbons (Fsp3) is 0.500. The molecule has 5 heterocycles. The maximum Gasteiger partial charge on any atom is 0.277 e. The third-order valence-corrected chi connectivity index (χ3v) is 7.91. The normalized spacial score (nSPS) is 18.8. The van der Waals surface area contributed by atoms with Crippen molar-refractivity contribution in [3.8, 4) is 11.5 Å². The number of guanidine groups is 1. The number of morpholine rings is 1. The first-order valence-corrected chi connectivity index (χ1v) is 14.4. The van der Waals surface area contributed by atoms with E-state index in [9.17, 15) is 4.79 Å². The number of hydrogen-bond acceptors (Lipinski definition) is 11. The van der Waals surface area contributed by atoms with Crippen LogP contribution in [-0.4, -0.2) is 123 Å². The van der Waals surface area contributed by atoms with Crippen molar-refractivity contribution in [2.45, 2.75) is 6.42 Å². The van der Waals surface area contributed by atoms with Crippen LogP contribution in [0, 0.1) is 0 Å². The van der Waals surface area contributed by atoms with Gasteiger partial charge in [-0.15, -0.1) is 0 Å². The first kappa shape index (κ1) is 27.7. The summed E-state index contributed by atoms with van der Waals surface area (Å²) in [6.45, 7) is 9.61. The SMILES string of the molecule is COc1c(OCCCN2CCOCC2)ccc2c1N=C(N(Cl)C(=O)c1ccc(N3CCNCC3)nc1)N1CCN=C21. The number of hydrogen-bond donors (Lipinski definition) is 1. The number of amidine groups is 1. The summed E-state index contributed by atoms with van der Waals surface area (Å²) in [6.07, 6.45) is 2.44. The summed E-state index contributed by atoms with van der Waals surface area (Å²) in [5, 5.41) is 3.33. The number of methoxy groups -OCH3 is 1. The number of carbonyl (C=O) groups excluding carboxylic acids is 1. The minimum Gasteiger partial charge on any atom is -0.491 e. The summed E-state index contributed by atoms with van der Waals surface area (Å²) in [5.74, 6) is 2.46. The zero-order valence-corrected chi connectivity index (χ0v) is 24.0. The number of ether oxygens (including phenoxy) is 3. The number of carbonyl (C=O) groups is 1. The van der Waals surface area contributed by atoms with Crippen LogP contribution in [0.15, 0.2) is 40.4 Å². The van der Waals surface area contributed by atoms with Crippen LogP contribution in [-0.2, 0) is 4.74 Å². The Balaban J connectivity index is 1.20. The number of aliphatic imine (C=N–C) groups is 2. The molecule has 0 bridgehead atoms. The summed E-state index contributed by atoms with van der Waals surface area (Å²) in [7, 11) is 1.59. The Labute approximate surface area is 244 Å². The zero-order chi connectivity index (χ0) is 28.2. The van der Waals surface area contributed by atoms with Gasteiger partial charge >= 0.3 is 0 Å². The Morgan fingerprint density at radius 3 is 2.71 bits per heavy atom. The Bertz CT molecular complexity index is 1310. The maximum absolute atomic E-state index is 13.5. The van der Waals surface area contributed by atoms with Gasteiger partial charge in [-0.25, -0.2) is 9.98 Å². The molecular formula is C28H35ClN8O4. The second kappa shape index (κ2) is 12.6. The second-order valence-corrected chi connectivity index (χ2v) is 10.5. The summed E-state index contributed by atoms with van der Waals surface area (Å²) >= 11 is 6.70. The number of fused-ring (bicyclic) bond motifs is 3. The number of anilines is 1. The van der Waals surface area contributed by atoms with Crippen molar-refractivity contribution in [2.24, 2.45) is 9.98 Å². The van der Waals surface area contributed by atoms with E-state index in [-0.39, 0.29) is 5.96 Å². The number of piperazine rings is 1. The van der Waals surface area contributed by atoms with Crippen LogP contribution in [0.25, 0.3) is 0 Å². The molecule has 0 radical (unpaired) electrons. The Morgan fingerprint density at radius 1 is 1.12 bits per heavy atom. The average Bonchev–Trinajstić information content (AvgIpc) is 3.53. The number of aromatic nitrogens is 1. The van der Waals surface area contributed by atoms with Gasteiger partial charge in [0.2, 0.25) is 5.96 Å². The molecule has 6 rings (SSSR count). The molecule has 4 aliphatic heterocycles. The molecule has 1 amide bonds. The fourth-order valence-electron chi connectivity index (χ4n) is 5.43. The van der Waals surface area contributed by atoms with Gasteiger partial charge in [0.25, 0.3) is 5.91 Å². The van der Waals surface area contributed by atoms with Gasteiger partial charge in [-0.1, -0.05) is 0 Å². The molecular weight excluding hydrogens is 548 g/mol. The van der Waals surface area contributed by atoms with Crippen LogP contribution in [0.3, 0.4) is 0 Å². The molecule has 2 saturated heterocycles. The van der Waals surface area contributed by atoms with E-state index >= 15 is 0 Å². The topological polar surface area (TPSA) is 107 Å². The van der Waals surface area contributed by atoms with E-state index in [1.54, 1.807) is 19.4 Å². The van der Waals surface area contributed by atoms with E-state index in [1.807, 2.05) is 23.1 Å². The lowest BCUT2D eigenvalue weighted by atomic mass is 10.1. The lowest BCUT2D eigenvalue weighted by Crippen LogP contribution is -2.46. The first-order chi connectivity index (χ1) is 20.1. The van der Waals surface area contributed by atoms with Crippen molar-refractivity contribution >= 4 is 41.0 Å². The molecule has 218 valence electrons. The van der Waals surface area contributed by atoms with Crippen molar-refractivity contribution in [1.82, 2.24) is 24.5 Å². The number of pyridine rings is 1. The van der Waals surface area contributed by atoms with Gasteiger partial charge in [-0.3, -0.25) is 19.6 Å². The molecule has 1 aromatic carbocycles. The van der Waals surface area contributed by atoms with Crippen LogP contribution in [0.4, 0.5) is 11.5 Å². The van der Waals surface area contributed by atoms with Gasteiger partial charge in [0.15, 0.2) is 11.5 Å². The van der Waals surface area contributed by atoms with E-state index in [4.69, 9.17) is 31.0 Å². The number of amides is 1.